The minimum atomic E-state index is 0.179. The Bertz CT molecular complexity index is 338. The van der Waals surface area contributed by atoms with Crippen LogP contribution in [0.5, 0.6) is 0 Å². The van der Waals surface area contributed by atoms with Gasteiger partial charge in [0.2, 0.25) is 11.8 Å². The molecule has 2 aliphatic rings. The first-order valence-electron chi connectivity index (χ1n) is 8.80. The van der Waals surface area contributed by atoms with E-state index >= 15 is 0 Å². The molecule has 0 aromatic heterocycles. The monoisotopic (exact) mass is 294 g/mol. The van der Waals surface area contributed by atoms with Gasteiger partial charge in [-0.1, -0.05) is 32.1 Å². The van der Waals surface area contributed by atoms with E-state index < -0.39 is 0 Å². The number of hydrogen-bond acceptors (Lipinski definition) is 2. The highest BCUT2D eigenvalue weighted by Gasteiger charge is 2.19. The molecule has 4 heteroatoms. The van der Waals surface area contributed by atoms with Crippen molar-refractivity contribution in [3.63, 3.8) is 0 Å². The average Bonchev–Trinajstić information content (AvgIpc) is 2.90. The van der Waals surface area contributed by atoms with Crippen molar-refractivity contribution in [1.82, 2.24) is 10.2 Å². The van der Waals surface area contributed by atoms with Crippen molar-refractivity contribution >= 4 is 11.8 Å². The summed E-state index contributed by atoms with van der Waals surface area (Å²) in [5.41, 5.74) is 0. The number of amides is 2. The second kappa shape index (κ2) is 9.06. The van der Waals surface area contributed by atoms with Gasteiger partial charge in [-0.2, -0.15) is 0 Å². The van der Waals surface area contributed by atoms with Crippen LogP contribution < -0.4 is 5.32 Å². The summed E-state index contributed by atoms with van der Waals surface area (Å²) in [7, 11) is 0. The molecule has 0 atom stereocenters. The Kier molecular flexibility index (Phi) is 7.04. The highest BCUT2D eigenvalue weighted by Crippen LogP contribution is 2.27. The smallest absolute Gasteiger partial charge is 0.222 e. The number of rotatable bonds is 8. The molecule has 0 unspecified atom stereocenters. The summed E-state index contributed by atoms with van der Waals surface area (Å²) < 4.78 is 0. The lowest BCUT2D eigenvalue weighted by Crippen LogP contribution is -2.30. The van der Waals surface area contributed by atoms with Gasteiger partial charge in [-0.15, -0.1) is 0 Å². The Balaban J connectivity index is 1.44. The maximum absolute atomic E-state index is 11.8. The Morgan fingerprint density at radius 1 is 1.14 bits per heavy atom. The van der Waals surface area contributed by atoms with Gasteiger partial charge in [0.1, 0.15) is 0 Å². The topological polar surface area (TPSA) is 49.4 Å². The van der Waals surface area contributed by atoms with Crippen LogP contribution in [-0.4, -0.2) is 36.3 Å². The normalized spacial score (nSPS) is 20.0. The SMILES string of the molecule is O=C(CCCC1CCCCC1)NCCCN1CCCC1=O. The molecule has 0 spiro atoms. The highest BCUT2D eigenvalue weighted by atomic mass is 16.2. The first-order chi connectivity index (χ1) is 10.3. The van der Waals surface area contributed by atoms with Crippen molar-refractivity contribution < 1.29 is 9.59 Å². The first kappa shape index (κ1) is 16.3. The molecule has 1 saturated heterocycles. The quantitative estimate of drug-likeness (QED) is 0.700. The summed E-state index contributed by atoms with van der Waals surface area (Å²) in [6.07, 6.45) is 12.4. The molecular formula is C17H30N2O2. The maximum atomic E-state index is 11.8. The number of carbonyl (C=O) groups excluding carboxylic acids is 2. The Labute approximate surface area is 128 Å². The van der Waals surface area contributed by atoms with Gasteiger partial charge in [0.05, 0.1) is 0 Å². The third kappa shape index (κ3) is 6.06. The molecule has 2 rings (SSSR count). The van der Waals surface area contributed by atoms with Crippen LogP contribution in [-0.2, 0) is 9.59 Å². The van der Waals surface area contributed by atoms with E-state index in [0.29, 0.717) is 19.4 Å². The summed E-state index contributed by atoms with van der Waals surface area (Å²) >= 11 is 0. The third-order valence-electron chi connectivity index (χ3n) is 4.84. The summed E-state index contributed by atoms with van der Waals surface area (Å²) in [6.45, 7) is 2.39. The van der Waals surface area contributed by atoms with E-state index in [9.17, 15) is 9.59 Å². The third-order valence-corrected chi connectivity index (χ3v) is 4.84. The van der Waals surface area contributed by atoms with E-state index in [4.69, 9.17) is 0 Å². The predicted octanol–water partition coefficient (Wildman–Crippen LogP) is 2.87. The highest BCUT2D eigenvalue weighted by molar-refractivity contribution is 5.78. The van der Waals surface area contributed by atoms with Crippen LogP contribution in [0.25, 0.3) is 0 Å². The standard InChI is InChI=1S/C17H30N2O2/c20-16(10-4-9-15-7-2-1-3-8-15)18-12-6-14-19-13-5-11-17(19)21/h15H,1-14H2,(H,18,20). The van der Waals surface area contributed by atoms with Crippen LogP contribution in [0, 0.1) is 5.92 Å². The molecule has 2 amide bonds. The minimum absolute atomic E-state index is 0.179. The fraction of sp³-hybridized carbons (Fsp3) is 0.882. The van der Waals surface area contributed by atoms with Gasteiger partial charge in [0, 0.05) is 32.5 Å². The molecule has 1 saturated carbocycles. The second-order valence-corrected chi connectivity index (χ2v) is 6.58. The Hall–Kier alpha value is -1.06. The summed E-state index contributed by atoms with van der Waals surface area (Å²) in [5, 5.41) is 2.98. The Morgan fingerprint density at radius 2 is 1.95 bits per heavy atom. The van der Waals surface area contributed by atoms with Crippen molar-refractivity contribution in [2.45, 2.75) is 70.6 Å². The van der Waals surface area contributed by atoms with Crippen molar-refractivity contribution in [3.8, 4) is 0 Å². The zero-order valence-corrected chi connectivity index (χ0v) is 13.2. The summed E-state index contributed by atoms with van der Waals surface area (Å²) in [6, 6.07) is 0. The van der Waals surface area contributed by atoms with Crippen molar-refractivity contribution in [2.75, 3.05) is 19.6 Å². The predicted molar refractivity (Wildman–Crippen MR) is 83.9 cm³/mol. The fourth-order valence-electron chi connectivity index (χ4n) is 3.55. The van der Waals surface area contributed by atoms with Gasteiger partial charge in [0.25, 0.3) is 0 Å². The van der Waals surface area contributed by atoms with E-state index in [2.05, 4.69) is 5.32 Å². The zero-order valence-electron chi connectivity index (χ0n) is 13.2. The number of nitrogens with zero attached hydrogens (tertiary/aromatic N) is 1. The minimum Gasteiger partial charge on any atom is -0.356 e. The number of likely N-dealkylation sites (tertiary alicyclic amines) is 1. The molecule has 2 fully saturated rings. The van der Waals surface area contributed by atoms with Gasteiger partial charge < -0.3 is 10.2 Å². The van der Waals surface area contributed by atoms with Gasteiger partial charge in [-0.05, 0) is 31.6 Å². The molecule has 0 bridgehead atoms. The number of carbonyl (C=O) groups is 2. The molecule has 0 radical (unpaired) electrons. The lowest BCUT2D eigenvalue weighted by atomic mass is 9.86. The van der Waals surface area contributed by atoms with Crippen LogP contribution in [0.3, 0.4) is 0 Å². The van der Waals surface area contributed by atoms with E-state index in [1.807, 2.05) is 4.90 Å². The molecule has 1 aliphatic heterocycles. The molecule has 21 heavy (non-hydrogen) atoms. The van der Waals surface area contributed by atoms with Gasteiger partial charge in [-0.25, -0.2) is 0 Å². The molecule has 0 aromatic carbocycles. The van der Waals surface area contributed by atoms with Crippen molar-refractivity contribution in [2.24, 2.45) is 5.92 Å². The van der Waals surface area contributed by atoms with Crippen LogP contribution in [0.1, 0.15) is 70.6 Å². The summed E-state index contributed by atoms with van der Waals surface area (Å²) in [5.74, 6) is 1.32. The number of hydrogen-bond donors (Lipinski definition) is 1. The van der Waals surface area contributed by atoms with Gasteiger partial charge in [0.15, 0.2) is 0 Å². The van der Waals surface area contributed by atoms with E-state index in [1.54, 1.807) is 0 Å². The van der Waals surface area contributed by atoms with Crippen LogP contribution in [0.4, 0.5) is 0 Å². The largest absolute Gasteiger partial charge is 0.356 e. The molecular weight excluding hydrogens is 264 g/mol. The molecule has 120 valence electrons. The van der Waals surface area contributed by atoms with Crippen molar-refractivity contribution in [3.05, 3.63) is 0 Å². The van der Waals surface area contributed by atoms with Crippen LogP contribution in [0.15, 0.2) is 0 Å². The van der Waals surface area contributed by atoms with Gasteiger partial charge >= 0.3 is 0 Å². The van der Waals surface area contributed by atoms with E-state index in [-0.39, 0.29) is 11.8 Å². The van der Waals surface area contributed by atoms with Crippen LogP contribution in [0.2, 0.25) is 0 Å². The van der Waals surface area contributed by atoms with Gasteiger partial charge in [-0.3, -0.25) is 9.59 Å². The lowest BCUT2D eigenvalue weighted by molar-refractivity contribution is -0.127. The van der Waals surface area contributed by atoms with Crippen LogP contribution >= 0.6 is 0 Å². The maximum Gasteiger partial charge on any atom is 0.222 e. The lowest BCUT2D eigenvalue weighted by Gasteiger charge is -2.21. The summed E-state index contributed by atoms with van der Waals surface area (Å²) in [4.78, 5) is 25.1. The molecule has 1 N–H and O–H groups in total. The molecule has 1 heterocycles. The zero-order chi connectivity index (χ0) is 14.9. The van der Waals surface area contributed by atoms with Crippen molar-refractivity contribution in [1.29, 1.82) is 0 Å². The average molecular weight is 294 g/mol. The van der Waals surface area contributed by atoms with E-state index in [1.165, 1.54) is 38.5 Å². The Morgan fingerprint density at radius 3 is 2.67 bits per heavy atom. The number of nitrogens with one attached hydrogen (secondary N) is 1. The first-order valence-corrected chi connectivity index (χ1v) is 8.80. The fourth-order valence-corrected chi connectivity index (χ4v) is 3.55. The molecule has 0 aromatic rings. The molecule has 1 aliphatic carbocycles. The molecule has 4 nitrogen and oxygen atoms in total. The second-order valence-electron chi connectivity index (χ2n) is 6.58. The van der Waals surface area contributed by atoms with E-state index in [0.717, 1.165) is 38.3 Å².